The van der Waals surface area contributed by atoms with Crippen molar-refractivity contribution in [2.24, 2.45) is 0 Å². The second-order valence-electron chi connectivity index (χ2n) is 5.57. The van der Waals surface area contributed by atoms with E-state index in [4.69, 9.17) is 12.2 Å². The Kier molecular flexibility index (Phi) is 6.30. The third-order valence-electron chi connectivity index (χ3n) is 3.77. The van der Waals surface area contributed by atoms with Crippen molar-refractivity contribution in [2.45, 2.75) is 0 Å². The lowest BCUT2D eigenvalue weighted by Gasteiger charge is -2.16. The number of halogens is 1. The molecule has 1 heterocycles. The van der Waals surface area contributed by atoms with E-state index >= 15 is 0 Å². The highest BCUT2D eigenvalue weighted by molar-refractivity contribution is 9.10. The fraction of sp³-hybridized carbons (Fsp3) is 0.105. The number of carbonyl (C=O) groups excluding carboxylic acids is 2. The van der Waals surface area contributed by atoms with E-state index < -0.39 is 5.97 Å². The van der Waals surface area contributed by atoms with Gasteiger partial charge in [-0.2, -0.15) is 0 Å². The predicted molar refractivity (Wildman–Crippen MR) is 115 cm³/mol. The Bertz CT molecular complexity index is 929. The molecule has 5 nitrogen and oxygen atoms in total. The van der Waals surface area contributed by atoms with Crippen LogP contribution < -0.4 is 5.32 Å². The molecule has 27 heavy (non-hydrogen) atoms. The molecule has 1 saturated heterocycles. The van der Waals surface area contributed by atoms with Gasteiger partial charge in [0.25, 0.3) is 5.91 Å². The van der Waals surface area contributed by atoms with Crippen LogP contribution in [0.1, 0.15) is 15.9 Å². The smallest absolute Gasteiger partial charge is 0.337 e. The van der Waals surface area contributed by atoms with Crippen molar-refractivity contribution < 1.29 is 14.3 Å². The first-order valence-electron chi connectivity index (χ1n) is 7.91. The Morgan fingerprint density at radius 3 is 2.70 bits per heavy atom. The van der Waals surface area contributed by atoms with Gasteiger partial charge >= 0.3 is 5.97 Å². The Morgan fingerprint density at radius 2 is 2.04 bits per heavy atom. The van der Waals surface area contributed by atoms with Crippen LogP contribution in [0.5, 0.6) is 0 Å². The molecule has 138 valence electrons. The number of anilines is 1. The zero-order chi connectivity index (χ0) is 19.4. The van der Waals surface area contributed by atoms with Crippen molar-refractivity contribution in [3.8, 4) is 0 Å². The summed E-state index contributed by atoms with van der Waals surface area (Å²) in [5, 5.41) is 3.19. The number of benzene rings is 2. The summed E-state index contributed by atoms with van der Waals surface area (Å²) in [4.78, 5) is 26.2. The van der Waals surface area contributed by atoms with E-state index in [0.29, 0.717) is 21.5 Å². The van der Waals surface area contributed by atoms with Crippen LogP contribution in [0.15, 0.2) is 57.9 Å². The van der Waals surface area contributed by atoms with Gasteiger partial charge < -0.3 is 10.1 Å². The average Bonchev–Trinajstić information content (AvgIpc) is 2.93. The maximum atomic E-state index is 12.7. The number of carbonyl (C=O) groups is 2. The third kappa shape index (κ3) is 4.77. The molecule has 0 saturated carbocycles. The number of hydrogen-bond donors (Lipinski definition) is 1. The van der Waals surface area contributed by atoms with Crippen molar-refractivity contribution in [3.05, 3.63) is 69.0 Å². The van der Waals surface area contributed by atoms with Gasteiger partial charge in [-0.25, -0.2) is 4.79 Å². The summed E-state index contributed by atoms with van der Waals surface area (Å²) in [5.41, 5.74) is 2.16. The molecule has 1 N–H and O–H groups in total. The minimum atomic E-state index is -0.397. The number of hydrogen-bond acceptors (Lipinski definition) is 6. The molecular weight excluding hydrogens is 448 g/mol. The van der Waals surface area contributed by atoms with Gasteiger partial charge in [-0.15, -0.1) is 0 Å². The van der Waals surface area contributed by atoms with E-state index in [9.17, 15) is 9.59 Å². The largest absolute Gasteiger partial charge is 0.465 e. The summed E-state index contributed by atoms with van der Waals surface area (Å²) in [7, 11) is 1.34. The standard InChI is InChI=1S/C19H15BrN2O3S2/c1-25-18(24)13-7-5-12(6-8-13)9-16-17(23)22(19(26)27-16)11-21-15-4-2-3-14(20)10-15/h2-10,21H,11H2,1H3/b16-9-. The molecule has 0 aromatic heterocycles. The lowest BCUT2D eigenvalue weighted by molar-refractivity contribution is -0.121. The number of esters is 1. The van der Waals surface area contributed by atoms with Crippen molar-refractivity contribution >= 4 is 67.9 Å². The number of nitrogens with zero attached hydrogens (tertiary/aromatic N) is 1. The summed E-state index contributed by atoms with van der Waals surface area (Å²) >= 11 is 10.0. The summed E-state index contributed by atoms with van der Waals surface area (Å²) in [5.74, 6) is -0.545. The molecule has 8 heteroatoms. The number of thioether (sulfide) groups is 1. The van der Waals surface area contributed by atoms with Crippen LogP contribution in [0.3, 0.4) is 0 Å². The lowest BCUT2D eigenvalue weighted by Crippen LogP contribution is -2.33. The van der Waals surface area contributed by atoms with Gasteiger partial charge in [0.15, 0.2) is 0 Å². The van der Waals surface area contributed by atoms with Crippen molar-refractivity contribution in [1.29, 1.82) is 0 Å². The number of rotatable bonds is 5. The van der Waals surface area contributed by atoms with Crippen LogP contribution in [-0.4, -0.2) is 34.9 Å². The van der Waals surface area contributed by atoms with Gasteiger partial charge in [0.2, 0.25) is 0 Å². The Labute approximate surface area is 174 Å². The zero-order valence-corrected chi connectivity index (χ0v) is 17.5. The molecule has 1 amide bonds. The first-order chi connectivity index (χ1) is 13.0. The van der Waals surface area contributed by atoms with Gasteiger partial charge in [-0.3, -0.25) is 9.69 Å². The lowest BCUT2D eigenvalue weighted by atomic mass is 10.1. The Hall–Kier alpha value is -2.16. The SMILES string of the molecule is COC(=O)c1ccc(/C=C2\SC(=S)N(CNc3cccc(Br)c3)C2=O)cc1. The summed E-state index contributed by atoms with van der Waals surface area (Å²) < 4.78 is 6.13. The van der Waals surface area contributed by atoms with Crippen LogP contribution in [0.4, 0.5) is 5.69 Å². The first-order valence-corrected chi connectivity index (χ1v) is 9.93. The van der Waals surface area contributed by atoms with Crippen molar-refractivity contribution in [3.63, 3.8) is 0 Å². The van der Waals surface area contributed by atoms with Gasteiger partial charge in [0.05, 0.1) is 24.2 Å². The van der Waals surface area contributed by atoms with Gasteiger partial charge in [0, 0.05) is 10.2 Å². The topological polar surface area (TPSA) is 58.6 Å². The van der Waals surface area contributed by atoms with Crippen LogP contribution in [0.25, 0.3) is 6.08 Å². The maximum Gasteiger partial charge on any atom is 0.337 e. The fourth-order valence-electron chi connectivity index (χ4n) is 2.39. The molecule has 3 rings (SSSR count). The minimum absolute atomic E-state index is 0.149. The highest BCUT2D eigenvalue weighted by Gasteiger charge is 2.31. The van der Waals surface area contributed by atoms with E-state index in [2.05, 4.69) is 26.0 Å². The molecule has 1 fully saturated rings. The molecule has 0 unspecified atom stereocenters. The predicted octanol–water partition coefficient (Wildman–Crippen LogP) is 4.51. The normalized spacial score (nSPS) is 15.3. The molecule has 1 aliphatic heterocycles. The van der Waals surface area contributed by atoms with Crippen molar-refractivity contribution in [1.82, 2.24) is 4.90 Å². The minimum Gasteiger partial charge on any atom is -0.465 e. The third-order valence-corrected chi connectivity index (χ3v) is 5.64. The van der Waals surface area contributed by atoms with Crippen molar-refractivity contribution in [2.75, 3.05) is 19.1 Å². The summed E-state index contributed by atoms with van der Waals surface area (Å²) in [6, 6.07) is 14.5. The van der Waals surface area contributed by atoms with E-state index in [-0.39, 0.29) is 5.91 Å². The number of ether oxygens (including phenoxy) is 1. The fourth-order valence-corrected chi connectivity index (χ4v) is 4.04. The van der Waals surface area contributed by atoms with Gasteiger partial charge in [-0.05, 0) is 42.0 Å². The molecule has 0 spiro atoms. The quantitative estimate of drug-likeness (QED) is 0.400. The summed E-state index contributed by atoms with van der Waals surface area (Å²) in [6.45, 7) is 0.291. The number of methoxy groups -OCH3 is 1. The van der Waals surface area contributed by atoms with Crippen LogP contribution in [0, 0.1) is 0 Å². The molecule has 2 aromatic carbocycles. The summed E-state index contributed by atoms with van der Waals surface area (Å²) in [6.07, 6.45) is 1.76. The van der Waals surface area contributed by atoms with Crippen LogP contribution in [-0.2, 0) is 9.53 Å². The van der Waals surface area contributed by atoms with Gasteiger partial charge in [0.1, 0.15) is 4.32 Å². The molecule has 0 bridgehead atoms. The monoisotopic (exact) mass is 462 g/mol. The molecule has 0 atom stereocenters. The second-order valence-corrected chi connectivity index (χ2v) is 8.16. The van der Waals surface area contributed by atoms with Gasteiger partial charge in [-0.1, -0.05) is 58.1 Å². The van der Waals surface area contributed by atoms with Crippen LogP contribution >= 0.6 is 39.9 Å². The molecule has 0 aliphatic carbocycles. The van der Waals surface area contributed by atoms with Crippen LogP contribution in [0.2, 0.25) is 0 Å². The molecule has 2 aromatic rings. The van der Waals surface area contributed by atoms with E-state index in [1.165, 1.54) is 23.8 Å². The molecule has 0 radical (unpaired) electrons. The van der Waals surface area contributed by atoms with E-state index in [1.807, 2.05) is 24.3 Å². The highest BCUT2D eigenvalue weighted by Crippen LogP contribution is 2.32. The number of nitrogens with one attached hydrogen (secondary N) is 1. The highest BCUT2D eigenvalue weighted by atomic mass is 79.9. The number of thiocarbonyl (C=S) groups is 1. The second kappa shape index (κ2) is 8.69. The zero-order valence-electron chi connectivity index (χ0n) is 14.3. The van der Waals surface area contributed by atoms with E-state index in [0.717, 1.165) is 15.7 Å². The maximum absolute atomic E-state index is 12.7. The Morgan fingerprint density at radius 1 is 1.30 bits per heavy atom. The first kappa shape index (κ1) is 19.6. The average molecular weight is 463 g/mol. The molecule has 1 aliphatic rings. The molecular formula is C19H15BrN2O3S2. The van der Waals surface area contributed by atoms with E-state index in [1.54, 1.807) is 30.3 Å². The number of amides is 1. The Balaban J connectivity index is 1.69.